The van der Waals surface area contributed by atoms with E-state index in [1.165, 1.54) is 0 Å². The first-order valence-corrected chi connectivity index (χ1v) is 13.0. The molecule has 8 nitrogen and oxygen atoms in total. The minimum absolute atomic E-state index is 0.199. The summed E-state index contributed by atoms with van der Waals surface area (Å²) in [5, 5.41) is 6.02. The molecule has 28 heavy (non-hydrogen) atoms. The third-order valence-electron chi connectivity index (χ3n) is 5.48. The molecular formula is C18H42N4O4P2. The van der Waals surface area contributed by atoms with Crippen LogP contribution < -0.4 is 10.2 Å². The molecule has 0 aromatic rings. The fraction of sp³-hybridized carbons (Fsp3) is 1.00. The lowest BCUT2D eigenvalue weighted by Gasteiger charge is -2.38. The number of nitrogens with one attached hydrogen (secondary N) is 2. The number of hydrogen-bond acceptors (Lipinski definition) is 4. The Hall–Kier alpha value is 0.220. The SMILES string of the molecule is CN(C)P1(=O)NCC(C(C)(C)C)CO1.CN(C)P1(=O)NCC(C(C)(C)C)CO1. The van der Waals surface area contributed by atoms with E-state index in [-0.39, 0.29) is 10.8 Å². The van der Waals surface area contributed by atoms with Gasteiger partial charge in [0.1, 0.15) is 0 Å². The lowest BCUT2D eigenvalue weighted by molar-refractivity contribution is 0.116. The first-order valence-electron chi connectivity index (χ1n) is 9.86. The molecule has 168 valence electrons. The Morgan fingerprint density at radius 2 is 1.00 bits per heavy atom. The molecule has 0 radical (unpaired) electrons. The molecule has 2 aliphatic heterocycles. The highest BCUT2D eigenvalue weighted by molar-refractivity contribution is 7.54. The van der Waals surface area contributed by atoms with Gasteiger partial charge in [-0.25, -0.2) is 19.5 Å². The van der Waals surface area contributed by atoms with Gasteiger partial charge in [0.25, 0.3) is 0 Å². The van der Waals surface area contributed by atoms with Gasteiger partial charge >= 0.3 is 15.3 Å². The standard InChI is InChI=1S/2C9H21N2O2P/c2*1-9(2,3)8-6-10-14(12,11(4)5)13-7-8/h2*8H,6-7H2,1-5H3,(H,10,12). The summed E-state index contributed by atoms with van der Waals surface area (Å²) in [5.74, 6) is 0.842. The van der Waals surface area contributed by atoms with Crippen molar-refractivity contribution in [3.8, 4) is 0 Å². The first kappa shape index (κ1) is 26.3. The van der Waals surface area contributed by atoms with Crippen LogP contribution in [0.15, 0.2) is 0 Å². The summed E-state index contributed by atoms with van der Waals surface area (Å²) >= 11 is 0. The summed E-state index contributed by atoms with van der Waals surface area (Å²) in [6.45, 7) is 15.7. The van der Waals surface area contributed by atoms with E-state index in [0.29, 0.717) is 25.0 Å². The zero-order valence-corrected chi connectivity index (χ0v) is 21.2. The van der Waals surface area contributed by atoms with Crippen molar-refractivity contribution in [2.45, 2.75) is 41.5 Å². The van der Waals surface area contributed by atoms with Gasteiger partial charge in [-0.1, -0.05) is 41.5 Å². The Balaban J connectivity index is 0.000000280. The molecule has 2 N–H and O–H groups in total. The Morgan fingerprint density at radius 3 is 1.14 bits per heavy atom. The lowest BCUT2D eigenvalue weighted by Crippen LogP contribution is -2.41. The molecule has 0 spiro atoms. The average molecular weight is 441 g/mol. The third-order valence-corrected chi connectivity index (χ3v) is 9.75. The molecule has 10 heteroatoms. The quantitative estimate of drug-likeness (QED) is 0.626. The third kappa shape index (κ3) is 7.17. The van der Waals surface area contributed by atoms with Crippen LogP contribution in [0.5, 0.6) is 0 Å². The lowest BCUT2D eigenvalue weighted by atomic mass is 9.81. The van der Waals surface area contributed by atoms with Crippen molar-refractivity contribution in [2.24, 2.45) is 22.7 Å². The number of rotatable bonds is 2. The van der Waals surface area contributed by atoms with Gasteiger partial charge in [0.05, 0.1) is 13.2 Å². The van der Waals surface area contributed by atoms with E-state index in [1.54, 1.807) is 37.5 Å². The number of nitrogens with zero attached hydrogens (tertiary/aromatic N) is 2. The van der Waals surface area contributed by atoms with Gasteiger partial charge in [-0.05, 0) is 39.0 Å². The van der Waals surface area contributed by atoms with Crippen LogP contribution in [0.1, 0.15) is 41.5 Å². The van der Waals surface area contributed by atoms with Gasteiger partial charge in [-0.2, -0.15) is 0 Å². The van der Waals surface area contributed by atoms with Gasteiger partial charge in [0, 0.05) is 24.9 Å². The second-order valence-corrected chi connectivity index (χ2v) is 15.0. The molecule has 0 saturated carbocycles. The summed E-state index contributed by atoms with van der Waals surface area (Å²) in [7, 11) is 1.66. The van der Waals surface area contributed by atoms with Gasteiger partial charge in [-0.15, -0.1) is 0 Å². The van der Waals surface area contributed by atoms with Gasteiger partial charge in [0.2, 0.25) is 0 Å². The molecule has 0 amide bonds. The summed E-state index contributed by atoms with van der Waals surface area (Å²) in [4.78, 5) is 0. The molecule has 0 bridgehead atoms. The summed E-state index contributed by atoms with van der Waals surface area (Å²) in [6, 6.07) is 0. The highest BCUT2D eigenvalue weighted by atomic mass is 31.2. The van der Waals surface area contributed by atoms with Crippen molar-refractivity contribution in [3.05, 3.63) is 0 Å². The fourth-order valence-corrected chi connectivity index (χ4v) is 5.54. The Labute approximate surface area is 172 Å². The predicted octanol–water partition coefficient (Wildman–Crippen LogP) is 3.88. The van der Waals surface area contributed by atoms with Crippen LogP contribution in [0.3, 0.4) is 0 Å². The fourth-order valence-electron chi connectivity index (χ4n) is 2.67. The monoisotopic (exact) mass is 440 g/mol. The highest BCUT2D eigenvalue weighted by Gasteiger charge is 2.38. The van der Waals surface area contributed by atoms with E-state index in [0.717, 1.165) is 13.1 Å². The molecule has 2 rings (SSSR count). The Kier molecular flexibility index (Phi) is 8.97. The van der Waals surface area contributed by atoms with Crippen molar-refractivity contribution in [1.82, 2.24) is 19.5 Å². The molecule has 4 unspecified atom stereocenters. The Bertz CT molecular complexity index is 523. The van der Waals surface area contributed by atoms with Crippen LogP contribution in [0, 0.1) is 22.7 Å². The maximum absolute atomic E-state index is 12.0. The van der Waals surface area contributed by atoms with Gasteiger partial charge in [0.15, 0.2) is 0 Å². The van der Waals surface area contributed by atoms with Crippen molar-refractivity contribution in [3.63, 3.8) is 0 Å². The van der Waals surface area contributed by atoms with Crippen LogP contribution in [0.25, 0.3) is 0 Å². The molecular weight excluding hydrogens is 398 g/mol. The van der Waals surface area contributed by atoms with Gasteiger partial charge in [-0.3, -0.25) is 9.13 Å². The normalized spacial score (nSPS) is 34.9. The minimum Gasteiger partial charge on any atom is -0.306 e. The van der Waals surface area contributed by atoms with E-state index >= 15 is 0 Å². The topological polar surface area (TPSA) is 83.1 Å². The molecule has 2 aliphatic rings. The number of hydrogen-bond donors (Lipinski definition) is 2. The van der Waals surface area contributed by atoms with Crippen LogP contribution in [-0.2, 0) is 18.2 Å². The van der Waals surface area contributed by atoms with Crippen LogP contribution in [-0.4, -0.2) is 63.8 Å². The molecule has 0 aromatic carbocycles. The summed E-state index contributed by atoms with van der Waals surface area (Å²) < 4.78 is 38.1. The largest absolute Gasteiger partial charge is 0.342 e. The summed E-state index contributed by atoms with van der Waals surface area (Å²) in [5.41, 5.74) is 0.398. The minimum atomic E-state index is -2.71. The molecule has 0 aliphatic carbocycles. The van der Waals surface area contributed by atoms with Crippen LogP contribution in [0.2, 0.25) is 0 Å². The molecule has 2 heterocycles. The van der Waals surface area contributed by atoms with Crippen molar-refractivity contribution < 1.29 is 18.2 Å². The molecule has 2 saturated heterocycles. The maximum atomic E-state index is 12.0. The first-order chi connectivity index (χ1) is 12.5. The van der Waals surface area contributed by atoms with Gasteiger partial charge < -0.3 is 9.05 Å². The van der Waals surface area contributed by atoms with Crippen LogP contribution >= 0.6 is 15.3 Å². The van der Waals surface area contributed by atoms with Crippen molar-refractivity contribution in [2.75, 3.05) is 54.5 Å². The smallest absolute Gasteiger partial charge is 0.306 e. The van der Waals surface area contributed by atoms with Crippen LogP contribution in [0.4, 0.5) is 0 Å². The Morgan fingerprint density at radius 1 is 0.714 bits per heavy atom. The zero-order chi connectivity index (χ0) is 22.0. The van der Waals surface area contributed by atoms with E-state index in [4.69, 9.17) is 9.05 Å². The van der Waals surface area contributed by atoms with Crippen molar-refractivity contribution in [1.29, 1.82) is 0 Å². The van der Waals surface area contributed by atoms with E-state index in [9.17, 15) is 9.13 Å². The molecule has 0 aromatic heterocycles. The zero-order valence-electron chi connectivity index (χ0n) is 19.4. The van der Waals surface area contributed by atoms with E-state index < -0.39 is 15.3 Å². The van der Waals surface area contributed by atoms with E-state index in [2.05, 4.69) is 51.7 Å². The molecule has 4 atom stereocenters. The van der Waals surface area contributed by atoms with Crippen molar-refractivity contribution >= 4 is 15.3 Å². The molecule has 2 fully saturated rings. The highest BCUT2D eigenvalue weighted by Crippen LogP contribution is 2.49. The summed E-state index contributed by atoms with van der Waals surface area (Å²) in [6.07, 6.45) is 0. The van der Waals surface area contributed by atoms with E-state index in [1.807, 2.05) is 0 Å². The second-order valence-electron chi connectivity index (χ2n) is 10.2. The second kappa shape index (κ2) is 9.57. The predicted molar refractivity (Wildman–Crippen MR) is 116 cm³/mol. The maximum Gasteiger partial charge on any atom is 0.342 e. The average Bonchev–Trinajstić information content (AvgIpc) is 2.54.